The van der Waals surface area contributed by atoms with Crippen LogP contribution >= 0.6 is 0 Å². The second-order valence-corrected chi connectivity index (χ2v) is 6.63. The lowest BCUT2D eigenvalue weighted by molar-refractivity contribution is -0.123. The van der Waals surface area contributed by atoms with Gasteiger partial charge < -0.3 is 9.47 Å². The zero-order chi connectivity index (χ0) is 21.1. The first-order chi connectivity index (χ1) is 14.5. The SMILES string of the molecule is COc1cc(C=C2C(=O)NC(=O)NC2=O)ccc1OCc1cccc2ccccc12. The summed E-state index contributed by atoms with van der Waals surface area (Å²) in [5, 5.41) is 6.33. The molecular weight excluding hydrogens is 384 g/mol. The highest BCUT2D eigenvalue weighted by Gasteiger charge is 2.27. The van der Waals surface area contributed by atoms with Crippen molar-refractivity contribution in [1.82, 2.24) is 10.6 Å². The van der Waals surface area contributed by atoms with Crippen LogP contribution in [0.3, 0.4) is 0 Å². The number of hydrogen-bond acceptors (Lipinski definition) is 5. The number of benzene rings is 3. The summed E-state index contributed by atoms with van der Waals surface area (Å²) in [6, 6.07) is 18.3. The molecule has 0 radical (unpaired) electrons. The molecule has 0 spiro atoms. The van der Waals surface area contributed by atoms with Crippen LogP contribution < -0.4 is 20.1 Å². The molecule has 3 aromatic rings. The van der Waals surface area contributed by atoms with E-state index in [4.69, 9.17) is 9.47 Å². The van der Waals surface area contributed by atoms with E-state index in [0.717, 1.165) is 16.3 Å². The van der Waals surface area contributed by atoms with Crippen molar-refractivity contribution in [2.75, 3.05) is 7.11 Å². The van der Waals surface area contributed by atoms with Crippen molar-refractivity contribution in [2.45, 2.75) is 6.61 Å². The monoisotopic (exact) mass is 402 g/mol. The predicted molar refractivity (Wildman–Crippen MR) is 111 cm³/mol. The van der Waals surface area contributed by atoms with Crippen molar-refractivity contribution < 1.29 is 23.9 Å². The highest BCUT2D eigenvalue weighted by atomic mass is 16.5. The second kappa shape index (κ2) is 8.08. The molecule has 4 rings (SSSR count). The predicted octanol–water partition coefficient (Wildman–Crippen LogP) is 3.18. The van der Waals surface area contributed by atoms with E-state index in [1.807, 2.05) is 53.1 Å². The summed E-state index contributed by atoms with van der Waals surface area (Å²) in [4.78, 5) is 35.0. The number of methoxy groups -OCH3 is 1. The molecule has 30 heavy (non-hydrogen) atoms. The maximum atomic E-state index is 11.9. The van der Waals surface area contributed by atoms with Crippen LogP contribution in [0.15, 0.2) is 66.2 Å². The fraction of sp³-hybridized carbons (Fsp3) is 0.0870. The number of barbiturate groups is 1. The summed E-state index contributed by atoms with van der Waals surface area (Å²) in [5.74, 6) is -0.518. The van der Waals surface area contributed by atoms with E-state index >= 15 is 0 Å². The Morgan fingerprint density at radius 3 is 2.37 bits per heavy atom. The minimum atomic E-state index is -0.836. The van der Waals surface area contributed by atoms with Crippen LogP contribution in [0.2, 0.25) is 0 Å². The molecule has 4 amide bonds. The molecule has 0 aliphatic carbocycles. The number of rotatable bonds is 5. The van der Waals surface area contributed by atoms with Gasteiger partial charge in [-0.2, -0.15) is 0 Å². The van der Waals surface area contributed by atoms with Crippen LogP contribution in [0, 0.1) is 0 Å². The standard InChI is InChI=1S/C23H18N2O5/c1-29-20-12-14(11-18-21(26)24-23(28)25-22(18)27)9-10-19(20)30-13-16-7-4-6-15-5-2-3-8-17(15)16/h2-12H,13H2,1H3,(H2,24,25,26,27,28). The maximum Gasteiger partial charge on any atom is 0.328 e. The van der Waals surface area contributed by atoms with Crippen molar-refractivity contribution in [3.05, 3.63) is 77.4 Å². The first-order valence-corrected chi connectivity index (χ1v) is 9.21. The Bertz CT molecular complexity index is 1170. The van der Waals surface area contributed by atoms with Gasteiger partial charge in [0.1, 0.15) is 12.2 Å². The highest BCUT2D eigenvalue weighted by Crippen LogP contribution is 2.30. The zero-order valence-corrected chi connectivity index (χ0v) is 16.1. The topological polar surface area (TPSA) is 93.7 Å². The molecule has 1 saturated heterocycles. The number of amides is 4. The first-order valence-electron chi connectivity index (χ1n) is 9.21. The van der Waals surface area contributed by atoms with Gasteiger partial charge in [-0.05, 0) is 40.1 Å². The number of urea groups is 1. The molecule has 0 bridgehead atoms. The lowest BCUT2D eigenvalue weighted by Crippen LogP contribution is -2.51. The third-order valence-corrected chi connectivity index (χ3v) is 4.71. The van der Waals surface area contributed by atoms with E-state index in [-0.39, 0.29) is 5.57 Å². The molecule has 1 heterocycles. The summed E-state index contributed by atoms with van der Waals surface area (Å²) >= 11 is 0. The van der Waals surface area contributed by atoms with Crippen molar-refractivity contribution >= 4 is 34.7 Å². The van der Waals surface area contributed by atoms with E-state index in [2.05, 4.69) is 0 Å². The van der Waals surface area contributed by atoms with Crippen LogP contribution in [-0.4, -0.2) is 25.0 Å². The summed E-state index contributed by atoms with van der Waals surface area (Å²) < 4.78 is 11.4. The van der Waals surface area contributed by atoms with Crippen LogP contribution in [0.5, 0.6) is 11.5 Å². The number of carbonyl (C=O) groups is 3. The quantitative estimate of drug-likeness (QED) is 0.505. The van der Waals surface area contributed by atoms with E-state index in [9.17, 15) is 14.4 Å². The van der Waals surface area contributed by atoms with Gasteiger partial charge in [0.25, 0.3) is 11.8 Å². The van der Waals surface area contributed by atoms with Gasteiger partial charge in [0.2, 0.25) is 0 Å². The fourth-order valence-electron chi connectivity index (χ4n) is 3.24. The Hall–Kier alpha value is -4.13. The minimum absolute atomic E-state index is 0.166. The summed E-state index contributed by atoms with van der Waals surface area (Å²) in [6.45, 7) is 0.352. The Morgan fingerprint density at radius 2 is 1.60 bits per heavy atom. The molecule has 3 aromatic carbocycles. The van der Waals surface area contributed by atoms with Gasteiger partial charge in [-0.3, -0.25) is 20.2 Å². The van der Waals surface area contributed by atoms with E-state index in [1.165, 1.54) is 13.2 Å². The van der Waals surface area contributed by atoms with Gasteiger partial charge in [0.05, 0.1) is 7.11 Å². The second-order valence-electron chi connectivity index (χ2n) is 6.63. The number of imide groups is 2. The molecule has 0 aromatic heterocycles. The average molecular weight is 402 g/mol. The van der Waals surface area contributed by atoms with Crippen molar-refractivity contribution in [1.29, 1.82) is 0 Å². The number of hydrogen-bond donors (Lipinski definition) is 2. The Balaban J connectivity index is 1.57. The fourth-order valence-corrected chi connectivity index (χ4v) is 3.24. The highest BCUT2D eigenvalue weighted by molar-refractivity contribution is 6.31. The van der Waals surface area contributed by atoms with Crippen LogP contribution in [-0.2, 0) is 16.2 Å². The Kier molecular flexibility index (Phi) is 5.17. The third kappa shape index (κ3) is 3.86. The molecule has 0 unspecified atom stereocenters. The molecular formula is C23H18N2O5. The van der Waals surface area contributed by atoms with Gasteiger partial charge in [-0.15, -0.1) is 0 Å². The summed E-state index contributed by atoms with van der Waals surface area (Å²) in [6.07, 6.45) is 1.38. The lowest BCUT2D eigenvalue weighted by atomic mass is 10.1. The molecule has 1 fully saturated rings. The number of ether oxygens (including phenoxy) is 2. The van der Waals surface area contributed by atoms with E-state index in [1.54, 1.807) is 18.2 Å². The first kappa shape index (κ1) is 19.2. The maximum absolute atomic E-state index is 11.9. The number of nitrogens with one attached hydrogen (secondary N) is 2. The van der Waals surface area contributed by atoms with E-state index in [0.29, 0.717) is 23.7 Å². The van der Waals surface area contributed by atoms with Gasteiger partial charge in [-0.25, -0.2) is 4.79 Å². The van der Waals surface area contributed by atoms with Crippen molar-refractivity contribution in [3.63, 3.8) is 0 Å². The van der Waals surface area contributed by atoms with Gasteiger partial charge in [-0.1, -0.05) is 48.5 Å². The Labute approximate surface area is 172 Å². The normalized spacial score (nSPS) is 13.6. The minimum Gasteiger partial charge on any atom is -0.493 e. The van der Waals surface area contributed by atoms with Gasteiger partial charge >= 0.3 is 6.03 Å². The van der Waals surface area contributed by atoms with Gasteiger partial charge in [0.15, 0.2) is 11.5 Å². The molecule has 150 valence electrons. The summed E-state index contributed by atoms with van der Waals surface area (Å²) in [5.41, 5.74) is 1.43. The molecule has 7 heteroatoms. The van der Waals surface area contributed by atoms with Crippen molar-refractivity contribution in [2.24, 2.45) is 0 Å². The van der Waals surface area contributed by atoms with Crippen molar-refractivity contribution in [3.8, 4) is 11.5 Å². The molecule has 1 aliphatic rings. The molecule has 0 saturated carbocycles. The Morgan fingerprint density at radius 1 is 0.867 bits per heavy atom. The largest absolute Gasteiger partial charge is 0.493 e. The van der Waals surface area contributed by atoms with Crippen LogP contribution in [0.4, 0.5) is 4.79 Å². The smallest absolute Gasteiger partial charge is 0.328 e. The number of carbonyl (C=O) groups excluding carboxylic acids is 3. The summed E-state index contributed by atoms with van der Waals surface area (Å²) in [7, 11) is 1.51. The zero-order valence-electron chi connectivity index (χ0n) is 16.1. The number of fused-ring (bicyclic) bond motifs is 1. The van der Waals surface area contributed by atoms with Crippen LogP contribution in [0.1, 0.15) is 11.1 Å². The molecule has 1 aliphatic heterocycles. The average Bonchev–Trinajstić information content (AvgIpc) is 2.75. The molecule has 2 N–H and O–H groups in total. The molecule has 7 nitrogen and oxygen atoms in total. The van der Waals surface area contributed by atoms with Crippen LogP contribution in [0.25, 0.3) is 16.8 Å². The van der Waals surface area contributed by atoms with E-state index < -0.39 is 17.8 Å². The third-order valence-electron chi connectivity index (χ3n) is 4.71. The van der Waals surface area contributed by atoms with Gasteiger partial charge in [0, 0.05) is 0 Å². The lowest BCUT2D eigenvalue weighted by Gasteiger charge is -2.15. The molecule has 0 atom stereocenters.